The Labute approximate surface area is 217 Å². The van der Waals surface area contributed by atoms with Gasteiger partial charge >= 0.3 is 219 Å². The summed E-state index contributed by atoms with van der Waals surface area (Å²) in [6.45, 7) is 21.9. The summed E-state index contributed by atoms with van der Waals surface area (Å²) in [5, 5.41) is 8.57. The molecular weight excluding hydrogens is 460 g/mol. The molecule has 0 heterocycles. The van der Waals surface area contributed by atoms with Crippen LogP contribution in [0.1, 0.15) is 77.6 Å². The second-order valence-electron chi connectivity index (χ2n) is 11.0. The number of aryl methyl sites for hydroxylation is 4. The minimum atomic E-state index is -2.23. The van der Waals surface area contributed by atoms with E-state index in [2.05, 4.69) is 109 Å². The van der Waals surface area contributed by atoms with Crippen molar-refractivity contribution in [1.29, 1.82) is 0 Å². The van der Waals surface area contributed by atoms with Crippen LogP contribution in [0.4, 0.5) is 0 Å². The van der Waals surface area contributed by atoms with Crippen molar-refractivity contribution in [1.82, 2.24) is 0 Å². The van der Waals surface area contributed by atoms with E-state index in [4.69, 9.17) is 0 Å². The quantitative estimate of drug-likeness (QED) is 0.316. The molecule has 0 nitrogen and oxygen atoms in total. The van der Waals surface area contributed by atoms with Crippen LogP contribution in [0, 0.1) is 0 Å². The summed E-state index contributed by atoms with van der Waals surface area (Å²) in [7, 11) is -2.23. The van der Waals surface area contributed by atoms with E-state index in [1.165, 1.54) is 22.3 Å². The number of hydrogen-bond donors (Lipinski definition) is 0. The summed E-state index contributed by atoms with van der Waals surface area (Å²) < 4.78 is 1.84. The summed E-state index contributed by atoms with van der Waals surface area (Å²) in [6.07, 6.45) is 4.42. The zero-order valence-corrected chi connectivity index (χ0v) is 26.4. The molecule has 0 aromatic heterocycles. The molecule has 0 bridgehead atoms. The zero-order valence-electron chi connectivity index (χ0n) is 23.8. The summed E-state index contributed by atoms with van der Waals surface area (Å²) in [4.78, 5) is 0. The Morgan fingerprint density at radius 2 is 1.00 bits per heavy atom. The van der Waals surface area contributed by atoms with Gasteiger partial charge < -0.3 is 0 Å². The molecule has 0 N–H and O–H groups in total. The SMILES string of the molecule is CCc1cc(CC)cc([Si](C)(c2cc(CC)cc(CC)c2)C2(C)C(C)=C(C)C(C)=[C]2[Ti]([CH3])[CH3])c1. The van der Waals surface area contributed by atoms with Crippen LogP contribution in [0.25, 0.3) is 0 Å². The fourth-order valence-corrected chi connectivity index (χ4v) is 17.1. The molecule has 1 unspecified atom stereocenters. The van der Waals surface area contributed by atoms with Gasteiger partial charge in [-0.15, -0.1) is 0 Å². The third-order valence-corrected chi connectivity index (χ3v) is 18.0. The predicted molar refractivity (Wildman–Crippen MR) is 152 cm³/mol. The van der Waals surface area contributed by atoms with Crippen molar-refractivity contribution in [3.8, 4) is 0 Å². The molecule has 183 valence electrons. The molecule has 1 aliphatic rings. The van der Waals surface area contributed by atoms with Gasteiger partial charge in [-0.25, -0.2) is 0 Å². The summed E-state index contributed by atoms with van der Waals surface area (Å²) in [6, 6.07) is 15.3. The van der Waals surface area contributed by atoms with E-state index in [-0.39, 0.29) is 5.04 Å². The van der Waals surface area contributed by atoms with Gasteiger partial charge in [0, 0.05) is 0 Å². The van der Waals surface area contributed by atoms with Crippen molar-refractivity contribution in [2.75, 3.05) is 0 Å². The molecule has 0 spiro atoms. The summed E-state index contributed by atoms with van der Waals surface area (Å²) in [5.74, 6) is 0. The molecule has 1 aliphatic carbocycles. The van der Waals surface area contributed by atoms with Gasteiger partial charge in [0.25, 0.3) is 0 Å². The van der Waals surface area contributed by atoms with Crippen molar-refractivity contribution in [3.63, 3.8) is 0 Å². The molecule has 2 heteroatoms. The predicted octanol–water partition coefficient (Wildman–Crippen LogP) is 8.23. The van der Waals surface area contributed by atoms with E-state index < -0.39 is 25.9 Å². The molecule has 0 saturated heterocycles. The molecule has 0 saturated carbocycles. The van der Waals surface area contributed by atoms with Crippen LogP contribution in [0.5, 0.6) is 0 Å². The van der Waals surface area contributed by atoms with Crippen molar-refractivity contribution in [2.45, 2.75) is 103 Å². The van der Waals surface area contributed by atoms with Gasteiger partial charge in [-0.3, -0.25) is 0 Å². The van der Waals surface area contributed by atoms with Crippen LogP contribution in [0.2, 0.25) is 22.0 Å². The van der Waals surface area contributed by atoms with Crippen LogP contribution in [-0.4, -0.2) is 8.07 Å². The van der Waals surface area contributed by atoms with Crippen molar-refractivity contribution in [3.05, 3.63) is 79.2 Å². The van der Waals surface area contributed by atoms with Crippen LogP contribution in [0.15, 0.2) is 57.0 Å². The van der Waals surface area contributed by atoms with E-state index in [0.717, 1.165) is 25.7 Å². The van der Waals surface area contributed by atoms with Gasteiger partial charge in [-0.1, -0.05) is 0 Å². The summed E-state index contributed by atoms with van der Waals surface area (Å²) in [5.41, 5.74) is 10.8. The molecule has 1 atom stereocenters. The molecule has 34 heavy (non-hydrogen) atoms. The maximum atomic E-state index is 2.71. The maximum absolute atomic E-state index is 2.71. The Bertz CT molecular complexity index is 1030. The third kappa shape index (κ3) is 4.31. The molecule has 2 aromatic carbocycles. The first-order chi connectivity index (χ1) is 16.0. The van der Waals surface area contributed by atoms with Gasteiger partial charge in [0.15, 0.2) is 0 Å². The van der Waals surface area contributed by atoms with E-state index >= 15 is 0 Å². The van der Waals surface area contributed by atoms with E-state index in [1.807, 2.05) is 3.88 Å². The first-order valence-corrected chi connectivity index (χ1v) is 19.9. The number of benzene rings is 2. The van der Waals surface area contributed by atoms with Gasteiger partial charge in [0.2, 0.25) is 0 Å². The van der Waals surface area contributed by atoms with Gasteiger partial charge in [-0.2, -0.15) is 0 Å². The van der Waals surface area contributed by atoms with Gasteiger partial charge in [0.05, 0.1) is 0 Å². The van der Waals surface area contributed by atoms with Crippen LogP contribution in [0.3, 0.4) is 0 Å². The van der Waals surface area contributed by atoms with Crippen molar-refractivity contribution < 1.29 is 17.9 Å². The minimum absolute atomic E-state index is 0.134. The first-order valence-electron chi connectivity index (χ1n) is 13.5. The molecule has 0 fully saturated rings. The van der Waals surface area contributed by atoms with Crippen molar-refractivity contribution in [2.24, 2.45) is 0 Å². The average Bonchev–Trinajstić information content (AvgIpc) is 3.02. The number of rotatable bonds is 8. The number of allylic oxidation sites excluding steroid dienone is 4. The molecule has 0 aliphatic heterocycles. The molecule has 3 rings (SSSR count). The van der Waals surface area contributed by atoms with Crippen LogP contribution >= 0.6 is 0 Å². The zero-order chi connectivity index (χ0) is 25.4. The Morgan fingerprint density at radius 1 is 0.647 bits per heavy atom. The Balaban J connectivity index is 2.52. The molecule has 0 amide bonds. The van der Waals surface area contributed by atoms with E-state index in [9.17, 15) is 0 Å². The fraction of sp³-hybridized carbons (Fsp3) is 0.500. The Hall–Kier alpha value is -1.15. The van der Waals surface area contributed by atoms with E-state index in [1.54, 1.807) is 27.1 Å². The average molecular weight is 508 g/mol. The normalized spacial score (nSPS) is 18.8. The van der Waals surface area contributed by atoms with Crippen LogP contribution in [-0.2, 0) is 43.6 Å². The standard InChI is InChI=1S/C30H41Si.2CH3.Ti/c1-10-24-14-25(11-2)17-28(16-24)31(9,30(8)20-21(5)22(6)23(30)7)29-18-26(12-3)15-27(13-4)19-29;;;/h14-19H,10-13H2,1-9H3;2*1H3;. The Morgan fingerprint density at radius 3 is 1.29 bits per heavy atom. The van der Waals surface area contributed by atoms with Gasteiger partial charge in [-0.05, 0) is 0 Å². The fourth-order valence-electron chi connectivity index (χ4n) is 6.57. The Kier molecular flexibility index (Phi) is 8.44. The van der Waals surface area contributed by atoms with Crippen LogP contribution < -0.4 is 10.4 Å². The summed E-state index contributed by atoms with van der Waals surface area (Å²) >= 11 is -1.35. The van der Waals surface area contributed by atoms with Crippen molar-refractivity contribution >= 4 is 18.4 Å². The molecule has 2 aromatic rings. The second-order valence-corrected chi connectivity index (χ2v) is 19.3. The molecule has 0 radical (unpaired) electrons. The third-order valence-electron chi connectivity index (χ3n) is 9.14. The van der Waals surface area contributed by atoms with Gasteiger partial charge in [0.1, 0.15) is 0 Å². The topological polar surface area (TPSA) is 0 Å². The monoisotopic (exact) mass is 507 g/mol. The number of hydrogen-bond acceptors (Lipinski definition) is 0. The molecular formula is C32H47SiTi. The second kappa shape index (κ2) is 10.5. The first kappa shape index (κ1) is 27.4. The van der Waals surface area contributed by atoms with E-state index in [0.29, 0.717) is 0 Å².